The summed E-state index contributed by atoms with van der Waals surface area (Å²) in [5, 5.41) is 4.46. The summed E-state index contributed by atoms with van der Waals surface area (Å²) in [6.07, 6.45) is 4.10. The molecule has 0 bridgehead atoms. The van der Waals surface area contributed by atoms with Gasteiger partial charge in [-0.05, 0) is 26.7 Å². The van der Waals surface area contributed by atoms with Crippen LogP contribution in [-0.4, -0.2) is 23.0 Å². The molecule has 1 aromatic rings. The van der Waals surface area contributed by atoms with E-state index >= 15 is 0 Å². The molecule has 0 aromatic carbocycles. The molecule has 0 amide bonds. The number of hydrogen-bond acceptors (Lipinski definition) is 3. The average Bonchev–Trinajstić information content (AvgIpc) is 2.73. The number of rotatable bonds is 3. The summed E-state index contributed by atoms with van der Waals surface area (Å²) >= 11 is 0. The Hall–Kier alpha value is -0.870. The molecule has 0 spiro atoms. The van der Waals surface area contributed by atoms with Crippen molar-refractivity contribution in [1.82, 2.24) is 9.78 Å². The summed E-state index contributed by atoms with van der Waals surface area (Å²) in [5.74, 6) is 0.567. The molecule has 1 aromatic heterocycles. The van der Waals surface area contributed by atoms with Crippen molar-refractivity contribution in [3.8, 4) is 0 Å². The van der Waals surface area contributed by atoms with Crippen LogP contribution in [0, 0.1) is 0 Å². The fraction of sp³-hybridized carbons (Fsp3) is 0.750. The van der Waals surface area contributed by atoms with Crippen molar-refractivity contribution >= 4 is 0 Å². The second kappa shape index (κ2) is 4.97. The summed E-state index contributed by atoms with van der Waals surface area (Å²) in [5.41, 5.74) is 8.32. The number of nitrogens with two attached hydrogens (primary N) is 1. The maximum atomic E-state index is 5.79. The third-order valence-electron chi connectivity index (χ3n) is 3.23. The third kappa shape index (κ3) is 2.13. The van der Waals surface area contributed by atoms with E-state index in [-0.39, 0.29) is 0 Å². The summed E-state index contributed by atoms with van der Waals surface area (Å²) < 4.78 is 7.53. The third-order valence-corrected chi connectivity index (χ3v) is 3.23. The Balaban J connectivity index is 2.31. The van der Waals surface area contributed by atoms with E-state index in [1.807, 2.05) is 6.20 Å². The van der Waals surface area contributed by atoms with Crippen LogP contribution in [-0.2, 0) is 11.3 Å². The Morgan fingerprint density at radius 2 is 2.19 bits per heavy atom. The molecule has 1 aliphatic rings. The summed E-state index contributed by atoms with van der Waals surface area (Å²) in [7, 11) is 0. The van der Waals surface area contributed by atoms with Gasteiger partial charge in [-0.2, -0.15) is 5.10 Å². The monoisotopic (exact) mass is 223 g/mol. The maximum absolute atomic E-state index is 5.79. The lowest BCUT2D eigenvalue weighted by molar-refractivity contribution is 0.0830. The van der Waals surface area contributed by atoms with E-state index in [1.165, 1.54) is 11.3 Å². The SMILES string of the molecule is CC(C)n1ncc(CN)c1C1CCOCC1. The Bertz CT molecular complexity index is 340. The van der Waals surface area contributed by atoms with Gasteiger partial charge in [0.05, 0.1) is 6.20 Å². The van der Waals surface area contributed by atoms with E-state index in [0.717, 1.165) is 26.1 Å². The van der Waals surface area contributed by atoms with Crippen LogP contribution < -0.4 is 5.73 Å². The minimum absolute atomic E-state index is 0.401. The van der Waals surface area contributed by atoms with Crippen LogP contribution in [0.4, 0.5) is 0 Å². The molecule has 2 heterocycles. The highest BCUT2D eigenvalue weighted by atomic mass is 16.5. The molecule has 0 radical (unpaired) electrons. The molecule has 0 atom stereocenters. The Morgan fingerprint density at radius 1 is 1.50 bits per heavy atom. The fourth-order valence-electron chi connectivity index (χ4n) is 2.40. The molecule has 0 aliphatic carbocycles. The van der Waals surface area contributed by atoms with Gasteiger partial charge in [0.1, 0.15) is 0 Å². The highest BCUT2D eigenvalue weighted by molar-refractivity contribution is 5.22. The van der Waals surface area contributed by atoms with Crippen molar-refractivity contribution in [2.45, 2.75) is 45.2 Å². The molecule has 1 aliphatic heterocycles. The molecule has 0 unspecified atom stereocenters. The van der Waals surface area contributed by atoms with E-state index < -0.39 is 0 Å². The highest BCUT2D eigenvalue weighted by Crippen LogP contribution is 2.30. The van der Waals surface area contributed by atoms with Gasteiger partial charge in [-0.25, -0.2) is 0 Å². The van der Waals surface area contributed by atoms with E-state index in [9.17, 15) is 0 Å². The lowest BCUT2D eigenvalue weighted by Crippen LogP contribution is -2.20. The zero-order valence-corrected chi connectivity index (χ0v) is 10.1. The Labute approximate surface area is 96.8 Å². The molecule has 0 saturated carbocycles. The molecule has 2 N–H and O–H groups in total. The molecular formula is C12H21N3O. The molecule has 4 nitrogen and oxygen atoms in total. The van der Waals surface area contributed by atoms with Crippen molar-refractivity contribution in [2.24, 2.45) is 5.73 Å². The quantitative estimate of drug-likeness (QED) is 0.850. The predicted octanol–water partition coefficient (Wildman–Crippen LogP) is 1.82. The van der Waals surface area contributed by atoms with Crippen LogP contribution in [0.1, 0.15) is 49.9 Å². The van der Waals surface area contributed by atoms with Crippen molar-refractivity contribution < 1.29 is 4.74 Å². The number of ether oxygens (including phenoxy) is 1. The first kappa shape index (κ1) is 11.6. The molecule has 1 saturated heterocycles. The smallest absolute Gasteiger partial charge is 0.0537 e. The molecule has 4 heteroatoms. The topological polar surface area (TPSA) is 53.1 Å². The van der Waals surface area contributed by atoms with Crippen LogP contribution in [0.5, 0.6) is 0 Å². The van der Waals surface area contributed by atoms with E-state index in [4.69, 9.17) is 10.5 Å². The van der Waals surface area contributed by atoms with Crippen LogP contribution in [0.3, 0.4) is 0 Å². The first-order valence-corrected chi connectivity index (χ1v) is 6.08. The number of hydrogen-bond donors (Lipinski definition) is 1. The van der Waals surface area contributed by atoms with Gasteiger partial charge in [0.25, 0.3) is 0 Å². The van der Waals surface area contributed by atoms with Crippen LogP contribution in [0.15, 0.2) is 6.20 Å². The van der Waals surface area contributed by atoms with Crippen molar-refractivity contribution in [1.29, 1.82) is 0 Å². The van der Waals surface area contributed by atoms with E-state index in [1.54, 1.807) is 0 Å². The zero-order valence-electron chi connectivity index (χ0n) is 10.1. The van der Waals surface area contributed by atoms with Gasteiger partial charge < -0.3 is 10.5 Å². The van der Waals surface area contributed by atoms with E-state index in [2.05, 4.69) is 23.6 Å². The van der Waals surface area contributed by atoms with Gasteiger partial charge in [0.2, 0.25) is 0 Å². The second-order valence-corrected chi connectivity index (χ2v) is 4.68. The number of nitrogens with zero attached hydrogens (tertiary/aromatic N) is 2. The van der Waals surface area contributed by atoms with Gasteiger partial charge >= 0.3 is 0 Å². The van der Waals surface area contributed by atoms with E-state index in [0.29, 0.717) is 18.5 Å². The van der Waals surface area contributed by atoms with Gasteiger partial charge in [-0.3, -0.25) is 4.68 Å². The number of aromatic nitrogens is 2. The first-order chi connectivity index (χ1) is 7.74. The van der Waals surface area contributed by atoms with Crippen molar-refractivity contribution in [3.05, 3.63) is 17.5 Å². The largest absolute Gasteiger partial charge is 0.381 e. The Morgan fingerprint density at radius 3 is 2.75 bits per heavy atom. The average molecular weight is 223 g/mol. The lowest BCUT2D eigenvalue weighted by Gasteiger charge is -2.25. The van der Waals surface area contributed by atoms with Crippen LogP contribution >= 0.6 is 0 Å². The zero-order chi connectivity index (χ0) is 11.5. The fourth-order valence-corrected chi connectivity index (χ4v) is 2.40. The maximum Gasteiger partial charge on any atom is 0.0537 e. The minimum Gasteiger partial charge on any atom is -0.381 e. The molecular weight excluding hydrogens is 202 g/mol. The van der Waals surface area contributed by atoms with Crippen molar-refractivity contribution in [2.75, 3.05) is 13.2 Å². The van der Waals surface area contributed by atoms with Crippen molar-refractivity contribution in [3.63, 3.8) is 0 Å². The standard InChI is InChI=1S/C12H21N3O/c1-9(2)15-12(11(7-13)8-14-15)10-3-5-16-6-4-10/h8-10H,3-7,13H2,1-2H3. The highest BCUT2D eigenvalue weighted by Gasteiger charge is 2.23. The van der Waals surface area contributed by atoms with Crippen LogP contribution in [0.2, 0.25) is 0 Å². The Kier molecular flexibility index (Phi) is 3.61. The summed E-state index contributed by atoms with van der Waals surface area (Å²) in [4.78, 5) is 0. The van der Waals surface area contributed by atoms with Gasteiger partial charge in [0.15, 0.2) is 0 Å². The van der Waals surface area contributed by atoms with Gasteiger partial charge in [0, 0.05) is 43.0 Å². The van der Waals surface area contributed by atoms with Gasteiger partial charge in [-0.15, -0.1) is 0 Å². The predicted molar refractivity (Wildman–Crippen MR) is 63.3 cm³/mol. The molecule has 16 heavy (non-hydrogen) atoms. The molecule has 2 rings (SSSR count). The normalized spacial score (nSPS) is 18.2. The first-order valence-electron chi connectivity index (χ1n) is 6.08. The van der Waals surface area contributed by atoms with Gasteiger partial charge in [-0.1, -0.05) is 0 Å². The second-order valence-electron chi connectivity index (χ2n) is 4.68. The summed E-state index contributed by atoms with van der Waals surface area (Å²) in [6.45, 7) is 6.63. The molecule has 90 valence electrons. The van der Waals surface area contributed by atoms with Crippen LogP contribution in [0.25, 0.3) is 0 Å². The molecule has 1 fully saturated rings. The minimum atomic E-state index is 0.401. The lowest BCUT2D eigenvalue weighted by atomic mass is 9.93. The summed E-state index contributed by atoms with van der Waals surface area (Å²) in [6, 6.07) is 0.401.